The molecule has 4 rings (SSSR count). The van der Waals surface area contributed by atoms with E-state index >= 15 is 0 Å². The molecule has 1 atom stereocenters. The van der Waals surface area contributed by atoms with Gasteiger partial charge >= 0.3 is 0 Å². The van der Waals surface area contributed by atoms with E-state index in [-0.39, 0.29) is 6.10 Å². The normalized spacial score (nSPS) is 22.5. The Hall–Kier alpha value is -1.88. The number of fused-ring (bicyclic) bond motifs is 1. The van der Waals surface area contributed by atoms with Crippen LogP contribution in [0.2, 0.25) is 0 Å². The van der Waals surface area contributed by atoms with Crippen LogP contribution in [0.25, 0.3) is 0 Å². The molecule has 2 aromatic rings. The molecule has 1 aromatic heterocycles. The second-order valence-corrected chi connectivity index (χ2v) is 5.38. The lowest BCUT2D eigenvalue weighted by molar-refractivity contribution is 0.0836. The van der Waals surface area contributed by atoms with Crippen molar-refractivity contribution in [1.82, 2.24) is 15.2 Å². The third-order valence-corrected chi connectivity index (χ3v) is 4.06. The van der Waals surface area contributed by atoms with Crippen LogP contribution in [0, 0.1) is 0 Å². The third-order valence-electron chi connectivity index (χ3n) is 4.06. The standard InChI is InChI=1S/C15H17N3O2/c1-2-4-12-11(3-1)9-13(20-12)15-16-14(17-18-15)10-5-7-19-8-6-10/h1-4,10,13H,5-9H2,(H,16,17,18). The van der Waals surface area contributed by atoms with Gasteiger partial charge in [0.25, 0.3) is 0 Å². The first-order valence-corrected chi connectivity index (χ1v) is 7.14. The maximum Gasteiger partial charge on any atom is 0.166 e. The Bertz CT molecular complexity index is 580. The van der Waals surface area contributed by atoms with E-state index in [9.17, 15) is 0 Å². The number of hydrogen-bond acceptors (Lipinski definition) is 4. The lowest BCUT2D eigenvalue weighted by atomic mass is 10.00. The molecular formula is C15H17N3O2. The second kappa shape index (κ2) is 4.90. The summed E-state index contributed by atoms with van der Waals surface area (Å²) in [6.45, 7) is 1.61. The summed E-state index contributed by atoms with van der Waals surface area (Å²) in [5.41, 5.74) is 1.24. The molecule has 5 nitrogen and oxygen atoms in total. The molecule has 1 unspecified atom stereocenters. The number of hydrogen-bond donors (Lipinski definition) is 1. The Morgan fingerprint density at radius 3 is 2.85 bits per heavy atom. The van der Waals surface area contributed by atoms with Crippen molar-refractivity contribution in [2.24, 2.45) is 0 Å². The van der Waals surface area contributed by atoms with Gasteiger partial charge in [-0.15, -0.1) is 0 Å². The van der Waals surface area contributed by atoms with Gasteiger partial charge in [-0.25, -0.2) is 4.98 Å². The Morgan fingerprint density at radius 1 is 1.15 bits per heavy atom. The predicted octanol–water partition coefficient (Wildman–Crippen LogP) is 2.37. The summed E-state index contributed by atoms with van der Waals surface area (Å²) < 4.78 is 11.3. The zero-order valence-corrected chi connectivity index (χ0v) is 11.2. The van der Waals surface area contributed by atoms with Gasteiger partial charge in [0, 0.05) is 25.6 Å². The summed E-state index contributed by atoms with van der Waals surface area (Å²) in [6, 6.07) is 8.14. The highest BCUT2D eigenvalue weighted by Gasteiger charge is 2.28. The molecule has 104 valence electrons. The van der Waals surface area contributed by atoms with Crippen molar-refractivity contribution >= 4 is 0 Å². The van der Waals surface area contributed by atoms with E-state index in [1.807, 2.05) is 18.2 Å². The van der Waals surface area contributed by atoms with Gasteiger partial charge in [-0.3, -0.25) is 5.10 Å². The molecule has 2 aliphatic heterocycles. The van der Waals surface area contributed by atoms with Crippen molar-refractivity contribution in [3.05, 3.63) is 41.5 Å². The highest BCUT2D eigenvalue weighted by atomic mass is 16.5. The Morgan fingerprint density at radius 2 is 2.00 bits per heavy atom. The maximum atomic E-state index is 5.94. The van der Waals surface area contributed by atoms with Gasteiger partial charge in [0.1, 0.15) is 5.75 Å². The van der Waals surface area contributed by atoms with E-state index in [0.29, 0.717) is 5.92 Å². The van der Waals surface area contributed by atoms with E-state index in [1.165, 1.54) is 5.56 Å². The molecule has 0 spiro atoms. The van der Waals surface area contributed by atoms with E-state index < -0.39 is 0 Å². The molecule has 2 aliphatic rings. The third kappa shape index (κ3) is 2.08. The monoisotopic (exact) mass is 271 g/mol. The number of rotatable bonds is 2. The largest absolute Gasteiger partial charge is 0.482 e. The zero-order valence-electron chi connectivity index (χ0n) is 11.2. The molecule has 0 radical (unpaired) electrons. The van der Waals surface area contributed by atoms with Crippen molar-refractivity contribution in [3.63, 3.8) is 0 Å². The predicted molar refractivity (Wildman–Crippen MR) is 72.7 cm³/mol. The molecule has 0 aliphatic carbocycles. The molecule has 0 amide bonds. The van der Waals surface area contributed by atoms with Crippen molar-refractivity contribution in [2.45, 2.75) is 31.3 Å². The maximum absolute atomic E-state index is 5.94. The SMILES string of the molecule is c1ccc2c(c1)CC(c1nc(C3CCOCC3)n[nH]1)O2. The van der Waals surface area contributed by atoms with Crippen LogP contribution in [-0.2, 0) is 11.2 Å². The fourth-order valence-corrected chi connectivity index (χ4v) is 2.90. The van der Waals surface area contributed by atoms with E-state index in [2.05, 4.69) is 21.2 Å². The number of H-pyrrole nitrogens is 1. The first kappa shape index (κ1) is 11.9. The van der Waals surface area contributed by atoms with Gasteiger partial charge in [0.05, 0.1) is 0 Å². The minimum absolute atomic E-state index is 0.0338. The van der Waals surface area contributed by atoms with E-state index in [0.717, 1.165) is 49.9 Å². The van der Waals surface area contributed by atoms with Gasteiger partial charge in [0.15, 0.2) is 17.8 Å². The first-order chi connectivity index (χ1) is 9.90. The van der Waals surface area contributed by atoms with Crippen LogP contribution in [0.4, 0.5) is 0 Å². The summed E-state index contributed by atoms with van der Waals surface area (Å²) in [6.07, 6.45) is 2.83. The average Bonchev–Trinajstić information content (AvgIpc) is 3.14. The van der Waals surface area contributed by atoms with Crippen LogP contribution in [0.3, 0.4) is 0 Å². The van der Waals surface area contributed by atoms with Gasteiger partial charge in [0.2, 0.25) is 0 Å². The number of aromatic amines is 1. The Labute approximate surface area is 117 Å². The fourth-order valence-electron chi connectivity index (χ4n) is 2.90. The Kier molecular flexibility index (Phi) is 2.92. The smallest absolute Gasteiger partial charge is 0.166 e. The summed E-state index contributed by atoms with van der Waals surface area (Å²) in [4.78, 5) is 4.65. The molecule has 1 N–H and O–H groups in total. The molecule has 3 heterocycles. The van der Waals surface area contributed by atoms with Gasteiger partial charge in [-0.05, 0) is 24.5 Å². The Balaban J connectivity index is 1.52. The van der Waals surface area contributed by atoms with Crippen LogP contribution in [0.5, 0.6) is 5.75 Å². The fraction of sp³-hybridized carbons (Fsp3) is 0.467. The second-order valence-electron chi connectivity index (χ2n) is 5.38. The summed E-state index contributed by atoms with van der Waals surface area (Å²) in [5.74, 6) is 3.12. The molecule has 0 bridgehead atoms. The quantitative estimate of drug-likeness (QED) is 0.911. The van der Waals surface area contributed by atoms with Gasteiger partial charge in [-0.1, -0.05) is 18.2 Å². The number of para-hydroxylation sites is 1. The van der Waals surface area contributed by atoms with Crippen LogP contribution < -0.4 is 4.74 Å². The van der Waals surface area contributed by atoms with Gasteiger partial charge in [-0.2, -0.15) is 5.10 Å². The highest BCUT2D eigenvalue weighted by Crippen LogP contribution is 2.35. The van der Waals surface area contributed by atoms with Crippen LogP contribution in [0.15, 0.2) is 24.3 Å². The zero-order chi connectivity index (χ0) is 13.4. The number of ether oxygens (including phenoxy) is 2. The average molecular weight is 271 g/mol. The lowest BCUT2D eigenvalue weighted by Gasteiger charge is -2.18. The van der Waals surface area contributed by atoms with Crippen LogP contribution >= 0.6 is 0 Å². The first-order valence-electron chi connectivity index (χ1n) is 7.14. The van der Waals surface area contributed by atoms with Crippen LogP contribution in [-0.4, -0.2) is 28.4 Å². The lowest BCUT2D eigenvalue weighted by Crippen LogP contribution is -2.15. The molecule has 5 heteroatoms. The molecule has 0 saturated carbocycles. The van der Waals surface area contributed by atoms with Crippen molar-refractivity contribution in [2.75, 3.05) is 13.2 Å². The van der Waals surface area contributed by atoms with E-state index in [4.69, 9.17) is 9.47 Å². The molecule has 1 fully saturated rings. The number of nitrogens with zero attached hydrogens (tertiary/aromatic N) is 2. The van der Waals surface area contributed by atoms with Crippen molar-refractivity contribution in [3.8, 4) is 5.75 Å². The van der Waals surface area contributed by atoms with Crippen molar-refractivity contribution < 1.29 is 9.47 Å². The minimum Gasteiger partial charge on any atom is -0.482 e. The number of aromatic nitrogens is 3. The van der Waals surface area contributed by atoms with Crippen molar-refractivity contribution in [1.29, 1.82) is 0 Å². The van der Waals surface area contributed by atoms with Crippen LogP contribution in [0.1, 0.15) is 42.1 Å². The number of nitrogens with one attached hydrogen (secondary N) is 1. The highest BCUT2D eigenvalue weighted by molar-refractivity contribution is 5.38. The minimum atomic E-state index is -0.0338. The topological polar surface area (TPSA) is 60.0 Å². The van der Waals surface area contributed by atoms with Gasteiger partial charge < -0.3 is 9.47 Å². The molecular weight excluding hydrogens is 254 g/mol. The summed E-state index contributed by atoms with van der Waals surface area (Å²) >= 11 is 0. The molecule has 20 heavy (non-hydrogen) atoms. The summed E-state index contributed by atoms with van der Waals surface area (Å²) in [5, 5.41) is 7.43. The summed E-state index contributed by atoms with van der Waals surface area (Å²) in [7, 11) is 0. The molecule has 1 aromatic carbocycles. The molecule has 1 saturated heterocycles. The van der Waals surface area contributed by atoms with E-state index in [1.54, 1.807) is 0 Å². The number of benzene rings is 1.